The van der Waals surface area contributed by atoms with Crippen LogP contribution in [0.15, 0.2) is 42.5 Å². The van der Waals surface area contributed by atoms with Crippen LogP contribution < -0.4 is 14.8 Å². The summed E-state index contributed by atoms with van der Waals surface area (Å²) in [5.41, 5.74) is 1.95. The lowest BCUT2D eigenvalue weighted by Gasteiger charge is -2.26. The fourth-order valence-corrected chi connectivity index (χ4v) is 3.50. The molecule has 0 aromatic heterocycles. The standard InChI is InChI=1S/C21H25FN2O3/c1-26-17-9-10-18(20(12-17)27-2)19-4-3-11-24(19)14-21(25)23-13-15-5-7-16(22)8-6-15/h5-10,12,19H,3-4,11,13-14H2,1-2H3,(H,23,25). The summed E-state index contributed by atoms with van der Waals surface area (Å²) >= 11 is 0. The summed E-state index contributed by atoms with van der Waals surface area (Å²) in [6, 6.07) is 12.1. The van der Waals surface area contributed by atoms with Crippen LogP contribution in [0.4, 0.5) is 4.39 Å². The van der Waals surface area contributed by atoms with Crippen molar-refractivity contribution in [2.24, 2.45) is 0 Å². The van der Waals surface area contributed by atoms with E-state index >= 15 is 0 Å². The fourth-order valence-electron chi connectivity index (χ4n) is 3.50. The van der Waals surface area contributed by atoms with Crippen LogP contribution in [0.3, 0.4) is 0 Å². The molecular weight excluding hydrogens is 347 g/mol. The largest absolute Gasteiger partial charge is 0.497 e. The van der Waals surface area contributed by atoms with Crippen LogP contribution >= 0.6 is 0 Å². The Bertz CT molecular complexity index is 779. The SMILES string of the molecule is COc1ccc(C2CCCN2CC(=O)NCc2ccc(F)cc2)c(OC)c1. The second-order valence-corrected chi connectivity index (χ2v) is 6.64. The van der Waals surface area contributed by atoms with E-state index in [9.17, 15) is 9.18 Å². The second kappa shape index (κ2) is 8.86. The summed E-state index contributed by atoms with van der Waals surface area (Å²) in [6.07, 6.45) is 2.01. The van der Waals surface area contributed by atoms with Gasteiger partial charge in [-0.05, 0) is 43.1 Å². The molecule has 1 saturated heterocycles. The maximum atomic E-state index is 13.0. The van der Waals surface area contributed by atoms with E-state index in [2.05, 4.69) is 10.2 Å². The number of hydrogen-bond donors (Lipinski definition) is 1. The first-order valence-electron chi connectivity index (χ1n) is 9.08. The maximum absolute atomic E-state index is 13.0. The molecule has 0 radical (unpaired) electrons. The summed E-state index contributed by atoms with van der Waals surface area (Å²) in [5, 5.41) is 2.91. The number of rotatable bonds is 7. The number of carbonyl (C=O) groups is 1. The van der Waals surface area contributed by atoms with Crippen LogP contribution in [0.5, 0.6) is 11.5 Å². The molecule has 1 heterocycles. The van der Waals surface area contributed by atoms with Gasteiger partial charge < -0.3 is 14.8 Å². The zero-order valence-electron chi connectivity index (χ0n) is 15.7. The topological polar surface area (TPSA) is 50.8 Å². The predicted octanol–water partition coefficient (Wildman–Crippen LogP) is 3.30. The molecule has 1 aliphatic heterocycles. The van der Waals surface area contributed by atoms with E-state index < -0.39 is 0 Å². The Balaban J connectivity index is 1.62. The summed E-state index contributed by atoms with van der Waals surface area (Å²) in [6.45, 7) is 1.58. The lowest BCUT2D eigenvalue weighted by atomic mass is 10.0. The number of amides is 1. The molecule has 6 heteroatoms. The third kappa shape index (κ3) is 4.77. The molecule has 144 valence electrons. The lowest BCUT2D eigenvalue weighted by molar-refractivity contribution is -0.122. The first-order valence-corrected chi connectivity index (χ1v) is 9.08. The van der Waals surface area contributed by atoms with Gasteiger partial charge in [0.25, 0.3) is 0 Å². The number of hydrogen-bond acceptors (Lipinski definition) is 4. The minimum absolute atomic E-state index is 0.0429. The molecule has 27 heavy (non-hydrogen) atoms. The highest BCUT2D eigenvalue weighted by Gasteiger charge is 2.29. The molecule has 1 aliphatic rings. The molecule has 2 aromatic rings. The third-order valence-corrected chi connectivity index (χ3v) is 4.91. The van der Waals surface area contributed by atoms with Crippen LogP contribution in [0, 0.1) is 5.82 Å². The first-order chi connectivity index (χ1) is 13.1. The zero-order chi connectivity index (χ0) is 19.2. The summed E-state index contributed by atoms with van der Waals surface area (Å²) < 4.78 is 23.8. The predicted molar refractivity (Wildman–Crippen MR) is 101 cm³/mol. The molecule has 3 rings (SSSR count). The van der Waals surface area contributed by atoms with Crippen LogP contribution in [0.1, 0.15) is 30.0 Å². The quantitative estimate of drug-likeness (QED) is 0.810. The zero-order valence-corrected chi connectivity index (χ0v) is 15.7. The van der Waals surface area contributed by atoms with Gasteiger partial charge in [-0.15, -0.1) is 0 Å². The van der Waals surface area contributed by atoms with Gasteiger partial charge in [-0.2, -0.15) is 0 Å². The van der Waals surface area contributed by atoms with Crippen molar-refractivity contribution in [1.29, 1.82) is 0 Å². The van der Waals surface area contributed by atoms with Gasteiger partial charge in [0, 0.05) is 24.2 Å². The van der Waals surface area contributed by atoms with Crippen molar-refractivity contribution in [2.45, 2.75) is 25.4 Å². The van der Waals surface area contributed by atoms with Gasteiger partial charge in [0.15, 0.2) is 0 Å². The highest BCUT2D eigenvalue weighted by Crippen LogP contribution is 2.38. The summed E-state index contributed by atoms with van der Waals surface area (Å²) in [5.74, 6) is 1.20. The number of benzene rings is 2. The number of methoxy groups -OCH3 is 2. The van der Waals surface area contributed by atoms with E-state index in [1.807, 2.05) is 18.2 Å². The van der Waals surface area contributed by atoms with E-state index in [1.165, 1.54) is 12.1 Å². The summed E-state index contributed by atoms with van der Waals surface area (Å²) in [4.78, 5) is 14.6. The van der Waals surface area contributed by atoms with Crippen molar-refractivity contribution in [3.05, 3.63) is 59.4 Å². The normalized spacial score (nSPS) is 16.9. The molecule has 0 spiro atoms. The highest BCUT2D eigenvalue weighted by molar-refractivity contribution is 5.78. The molecule has 0 saturated carbocycles. The second-order valence-electron chi connectivity index (χ2n) is 6.64. The van der Waals surface area contributed by atoms with E-state index in [0.717, 1.165) is 42.0 Å². The van der Waals surface area contributed by atoms with Gasteiger partial charge >= 0.3 is 0 Å². The Morgan fingerprint density at radius 3 is 2.67 bits per heavy atom. The van der Waals surface area contributed by atoms with Crippen LogP contribution in [-0.4, -0.2) is 38.1 Å². The van der Waals surface area contributed by atoms with E-state index in [0.29, 0.717) is 13.1 Å². The monoisotopic (exact) mass is 372 g/mol. The lowest BCUT2D eigenvalue weighted by Crippen LogP contribution is -2.36. The molecule has 2 aromatic carbocycles. The Hall–Kier alpha value is -2.60. The number of ether oxygens (including phenoxy) is 2. The highest BCUT2D eigenvalue weighted by atomic mass is 19.1. The minimum Gasteiger partial charge on any atom is -0.497 e. The minimum atomic E-state index is -0.279. The van der Waals surface area contributed by atoms with Gasteiger partial charge in [-0.25, -0.2) is 4.39 Å². The van der Waals surface area contributed by atoms with E-state index in [-0.39, 0.29) is 17.8 Å². The Labute approximate surface area is 159 Å². The van der Waals surface area contributed by atoms with Crippen LogP contribution in [0.25, 0.3) is 0 Å². The third-order valence-electron chi connectivity index (χ3n) is 4.91. The van der Waals surface area contributed by atoms with E-state index in [1.54, 1.807) is 26.4 Å². The number of nitrogens with zero attached hydrogens (tertiary/aromatic N) is 1. The first kappa shape index (κ1) is 19.2. The molecule has 5 nitrogen and oxygen atoms in total. The van der Waals surface area contributed by atoms with Gasteiger partial charge in [0.1, 0.15) is 17.3 Å². The smallest absolute Gasteiger partial charge is 0.234 e. The van der Waals surface area contributed by atoms with Crippen molar-refractivity contribution >= 4 is 5.91 Å². The molecule has 1 amide bonds. The average Bonchev–Trinajstić information content (AvgIpc) is 3.14. The molecule has 1 fully saturated rings. The van der Waals surface area contributed by atoms with Gasteiger partial charge in [0.2, 0.25) is 5.91 Å². The number of halogens is 1. The Morgan fingerprint density at radius 2 is 1.96 bits per heavy atom. The van der Waals surface area contributed by atoms with Crippen molar-refractivity contribution < 1.29 is 18.7 Å². The molecule has 0 bridgehead atoms. The van der Waals surface area contributed by atoms with Crippen molar-refractivity contribution in [1.82, 2.24) is 10.2 Å². The van der Waals surface area contributed by atoms with Crippen molar-refractivity contribution in [3.63, 3.8) is 0 Å². The molecule has 0 aliphatic carbocycles. The summed E-state index contributed by atoms with van der Waals surface area (Å²) in [7, 11) is 3.27. The Kier molecular flexibility index (Phi) is 6.29. The fraction of sp³-hybridized carbons (Fsp3) is 0.381. The van der Waals surface area contributed by atoms with Gasteiger partial charge in [-0.1, -0.05) is 18.2 Å². The molecule has 1 N–H and O–H groups in total. The average molecular weight is 372 g/mol. The number of likely N-dealkylation sites (tertiary alicyclic amines) is 1. The van der Waals surface area contributed by atoms with Crippen molar-refractivity contribution in [2.75, 3.05) is 27.3 Å². The van der Waals surface area contributed by atoms with Crippen molar-refractivity contribution in [3.8, 4) is 11.5 Å². The number of nitrogens with one attached hydrogen (secondary N) is 1. The molecular formula is C21H25FN2O3. The van der Waals surface area contributed by atoms with E-state index in [4.69, 9.17) is 9.47 Å². The Morgan fingerprint density at radius 1 is 1.19 bits per heavy atom. The maximum Gasteiger partial charge on any atom is 0.234 e. The van der Waals surface area contributed by atoms with Crippen LogP contribution in [-0.2, 0) is 11.3 Å². The van der Waals surface area contributed by atoms with Crippen LogP contribution in [0.2, 0.25) is 0 Å². The molecule has 1 atom stereocenters. The number of carbonyl (C=O) groups excluding carboxylic acids is 1. The molecule has 1 unspecified atom stereocenters. The van der Waals surface area contributed by atoms with Gasteiger partial charge in [0.05, 0.1) is 20.8 Å². The van der Waals surface area contributed by atoms with Gasteiger partial charge in [-0.3, -0.25) is 9.69 Å².